The van der Waals surface area contributed by atoms with Crippen LogP contribution < -0.4 is 10.6 Å². The van der Waals surface area contributed by atoms with Crippen molar-refractivity contribution in [1.82, 2.24) is 15.5 Å². The van der Waals surface area contributed by atoms with E-state index >= 15 is 0 Å². The van der Waals surface area contributed by atoms with Crippen LogP contribution in [0.3, 0.4) is 0 Å². The summed E-state index contributed by atoms with van der Waals surface area (Å²) in [7, 11) is 1.79. The first kappa shape index (κ1) is 21.5. The van der Waals surface area contributed by atoms with Crippen LogP contribution in [0.15, 0.2) is 4.99 Å². The van der Waals surface area contributed by atoms with Crippen LogP contribution in [0.4, 0.5) is 0 Å². The Balaban J connectivity index is 0.00000288. The van der Waals surface area contributed by atoms with Crippen LogP contribution in [0.1, 0.15) is 46.0 Å². The summed E-state index contributed by atoms with van der Waals surface area (Å²) in [4.78, 5) is 6.92. The number of rotatable bonds is 4. The highest BCUT2D eigenvalue weighted by Gasteiger charge is 2.42. The largest absolute Gasteiger partial charge is 0.373 e. The van der Waals surface area contributed by atoms with Crippen LogP contribution in [0.2, 0.25) is 0 Å². The topological polar surface area (TPSA) is 48.9 Å². The summed E-state index contributed by atoms with van der Waals surface area (Å²) >= 11 is 0. The van der Waals surface area contributed by atoms with Gasteiger partial charge in [-0.3, -0.25) is 9.89 Å². The maximum Gasteiger partial charge on any atom is 0.191 e. The van der Waals surface area contributed by atoms with Gasteiger partial charge in [-0.2, -0.15) is 0 Å². The molecule has 1 aliphatic heterocycles. The molecule has 138 valence electrons. The summed E-state index contributed by atoms with van der Waals surface area (Å²) in [5.74, 6) is 3.39. The zero-order valence-corrected chi connectivity index (χ0v) is 17.7. The molecule has 0 bridgehead atoms. The first-order valence-electron chi connectivity index (χ1n) is 8.78. The molecule has 0 aromatic rings. The molecule has 0 aromatic heterocycles. The van der Waals surface area contributed by atoms with Gasteiger partial charge in [0.1, 0.15) is 0 Å². The van der Waals surface area contributed by atoms with Gasteiger partial charge in [-0.15, -0.1) is 30.4 Å². The average molecular weight is 448 g/mol. The fourth-order valence-corrected chi connectivity index (χ4v) is 3.84. The normalized spacial score (nSPS) is 23.7. The standard InChI is InChI=1S/C18H32N4O.HI/c1-5-11-20-16(19-4)21-14-18(9-7-6-8-10-18)22-12-13-23-17(2,3)15-22;/h1H,6-15H2,2-4H3,(H2,19,20,21);1H. The second-order valence-corrected chi connectivity index (χ2v) is 7.30. The molecule has 0 aromatic carbocycles. The highest BCUT2D eigenvalue weighted by molar-refractivity contribution is 14.0. The third-order valence-corrected chi connectivity index (χ3v) is 5.05. The maximum absolute atomic E-state index is 5.91. The van der Waals surface area contributed by atoms with E-state index in [4.69, 9.17) is 11.2 Å². The van der Waals surface area contributed by atoms with E-state index in [0.29, 0.717) is 6.54 Å². The second kappa shape index (κ2) is 9.83. The summed E-state index contributed by atoms with van der Waals surface area (Å²) in [5.41, 5.74) is 0.138. The van der Waals surface area contributed by atoms with Gasteiger partial charge in [-0.1, -0.05) is 25.2 Å². The quantitative estimate of drug-likeness (QED) is 0.300. The lowest BCUT2D eigenvalue weighted by atomic mass is 9.79. The molecule has 24 heavy (non-hydrogen) atoms. The Morgan fingerprint density at radius 1 is 1.25 bits per heavy atom. The van der Waals surface area contributed by atoms with Gasteiger partial charge in [0.05, 0.1) is 18.8 Å². The number of guanidine groups is 1. The Kier molecular flexibility index (Phi) is 8.82. The Labute approximate surface area is 164 Å². The van der Waals surface area contributed by atoms with Gasteiger partial charge in [0.25, 0.3) is 0 Å². The van der Waals surface area contributed by atoms with E-state index in [9.17, 15) is 0 Å². The van der Waals surface area contributed by atoms with Crippen molar-refractivity contribution in [3.05, 3.63) is 0 Å². The highest BCUT2D eigenvalue weighted by Crippen LogP contribution is 2.35. The van der Waals surface area contributed by atoms with Crippen molar-refractivity contribution in [2.75, 3.05) is 39.8 Å². The lowest BCUT2D eigenvalue weighted by molar-refractivity contribution is -0.122. The van der Waals surface area contributed by atoms with Crippen LogP contribution >= 0.6 is 24.0 Å². The molecule has 0 spiro atoms. The molecule has 5 nitrogen and oxygen atoms in total. The minimum absolute atomic E-state index is 0. The smallest absolute Gasteiger partial charge is 0.191 e. The van der Waals surface area contributed by atoms with Gasteiger partial charge in [0.15, 0.2) is 5.96 Å². The van der Waals surface area contributed by atoms with E-state index in [-0.39, 0.29) is 35.1 Å². The molecule has 1 heterocycles. The molecule has 2 aliphatic rings. The number of nitrogens with zero attached hydrogens (tertiary/aromatic N) is 2. The Morgan fingerprint density at radius 2 is 1.96 bits per heavy atom. The number of halogens is 1. The van der Waals surface area contributed by atoms with Gasteiger partial charge in [-0.25, -0.2) is 0 Å². The van der Waals surface area contributed by atoms with Gasteiger partial charge in [0.2, 0.25) is 0 Å². The van der Waals surface area contributed by atoms with Crippen LogP contribution in [-0.4, -0.2) is 61.8 Å². The minimum Gasteiger partial charge on any atom is -0.373 e. The summed E-state index contributed by atoms with van der Waals surface area (Å²) in [5, 5.41) is 6.65. The van der Waals surface area contributed by atoms with Gasteiger partial charge in [-0.05, 0) is 26.7 Å². The zero-order valence-electron chi connectivity index (χ0n) is 15.4. The number of terminal acetylenes is 1. The fraction of sp³-hybridized carbons (Fsp3) is 0.833. The average Bonchev–Trinajstić information content (AvgIpc) is 2.55. The molecule has 1 saturated heterocycles. The van der Waals surface area contributed by atoms with Crippen molar-refractivity contribution in [3.63, 3.8) is 0 Å². The predicted octanol–water partition coefficient (Wildman–Crippen LogP) is 2.22. The lowest BCUT2D eigenvalue weighted by Crippen LogP contribution is -2.63. The van der Waals surface area contributed by atoms with E-state index in [1.165, 1.54) is 32.1 Å². The molecule has 6 heteroatoms. The van der Waals surface area contributed by atoms with Crippen LogP contribution in [0.5, 0.6) is 0 Å². The van der Waals surface area contributed by atoms with E-state index in [1.54, 1.807) is 7.05 Å². The summed E-state index contributed by atoms with van der Waals surface area (Å²) in [6.45, 7) is 8.61. The summed E-state index contributed by atoms with van der Waals surface area (Å²) in [6, 6.07) is 0. The van der Waals surface area contributed by atoms with Gasteiger partial charge < -0.3 is 15.4 Å². The van der Waals surface area contributed by atoms with Crippen molar-refractivity contribution in [2.24, 2.45) is 4.99 Å². The number of ether oxygens (including phenoxy) is 1. The van der Waals surface area contributed by atoms with Gasteiger partial charge >= 0.3 is 0 Å². The molecule has 0 unspecified atom stereocenters. The third kappa shape index (κ3) is 5.78. The van der Waals surface area contributed by atoms with E-state index in [1.807, 2.05) is 0 Å². The second-order valence-electron chi connectivity index (χ2n) is 7.30. The van der Waals surface area contributed by atoms with E-state index < -0.39 is 0 Å². The molecular weight excluding hydrogens is 415 g/mol. The fourth-order valence-electron chi connectivity index (χ4n) is 3.84. The molecule has 0 atom stereocenters. The summed E-state index contributed by atoms with van der Waals surface area (Å²) in [6.07, 6.45) is 11.8. The van der Waals surface area contributed by atoms with Crippen molar-refractivity contribution >= 4 is 29.9 Å². The number of aliphatic imine (C=N–C) groups is 1. The zero-order chi connectivity index (χ0) is 16.8. The number of hydrogen-bond acceptors (Lipinski definition) is 3. The van der Waals surface area contributed by atoms with E-state index in [0.717, 1.165) is 32.2 Å². The number of morpholine rings is 1. The first-order valence-corrected chi connectivity index (χ1v) is 8.78. The van der Waals surface area contributed by atoms with Crippen molar-refractivity contribution < 1.29 is 4.74 Å². The molecule has 1 saturated carbocycles. The lowest BCUT2D eigenvalue weighted by Gasteiger charge is -2.51. The van der Waals surface area contributed by atoms with Crippen LogP contribution in [0, 0.1) is 12.3 Å². The van der Waals surface area contributed by atoms with Crippen molar-refractivity contribution in [1.29, 1.82) is 0 Å². The Bertz CT molecular complexity index is 452. The van der Waals surface area contributed by atoms with Crippen LogP contribution in [0.25, 0.3) is 0 Å². The molecule has 2 rings (SSSR count). The van der Waals surface area contributed by atoms with E-state index in [2.05, 4.69) is 40.3 Å². The molecule has 1 aliphatic carbocycles. The predicted molar refractivity (Wildman–Crippen MR) is 111 cm³/mol. The first-order chi connectivity index (χ1) is 11.0. The monoisotopic (exact) mass is 448 g/mol. The van der Waals surface area contributed by atoms with Gasteiger partial charge in [0, 0.05) is 32.2 Å². The summed E-state index contributed by atoms with van der Waals surface area (Å²) < 4.78 is 5.91. The Morgan fingerprint density at radius 3 is 2.54 bits per heavy atom. The van der Waals surface area contributed by atoms with Crippen molar-refractivity contribution in [3.8, 4) is 12.3 Å². The molecule has 2 N–H and O–H groups in total. The van der Waals surface area contributed by atoms with Crippen molar-refractivity contribution in [2.45, 2.75) is 57.1 Å². The molecular formula is C18H33IN4O. The van der Waals surface area contributed by atoms with Crippen LogP contribution in [-0.2, 0) is 4.74 Å². The SMILES string of the molecule is C#CCNC(=NC)NCC1(N2CCOC(C)(C)C2)CCCCC1.I. The molecule has 0 amide bonds. The third-order valence-electron chi connectivity index (χ3n) is 5.05. The highest BCUT2D eigenvalue weighted by atomic mass is 127. The Hall–Kier alpha value is -0.520. The number of nitrogens with one attached hydrogen (secondary N) is 2. The minimum atomic E-state index is -0.0634. The number of hydrogen-bond donors (Lipinski definition) is 2. The molecule has 0 radical (unpaired) electrons. The molecule has 2 fully saturated rings. The maximum atomic E-state index is 5.91.